The van der Waals surface area contributed by atoms with E-state index in [4.69, 9.17) is 18.9 Å². The molecule has 0 fully saturated rings. The molecule has 0 saturated heterocycles. The van der Waals surface area contributed by atoms with E-state index in [1.165, 1.54) is 0 Å². The zero-order chi connectivity index (χ0) is 40.6. The minimum absolute atomic E-state index is 0.171. The van der Waals surface area contributed by atoms with Gasteiger partial charge in [-0.15, -0.1) is 0 Å². The van der Waals surface area contributed by atoms with Crippen LogP contribution in [0.15, 0.2) is 110 Å². The number of benzene rings is 4. The van der Waals surface area contributed by atoms with Gasteiger partial charge in [-0.2, -0.15) is 26.3 Å². The molecule has 0 heterocycles. The van der Waals surface area contributed by atoms with Crippen molar-refractivity contribution in [1.82, 2.24) is 0 Å². The van der Waals surface area contributed by atoms with Gasteiger partial charge in [-0.3, -0.25) is 0 Å². The van der Waals surface area contributed by atoms with Gasteiger partial charge in [-0.1, -0.05) is 37.4 Å². The molecule has 18 heteroatoms. The summed E-state index contributed by atoms with van der Waals surface area (Å²) in [7, 11) is 0. The van der Waals surface area contributed by atoms with E-state index in [-0.39, 0.29) is 11.5 Å². The van der Waals surface area contributed by atoms with Crippen LogP contribution >= 0.6 is 0 Å². The van der Waals surface area contributed by atoms with Gasteiger partial charge in [0, 0.05) is 24.3 Å². The maximum atomic E-state index is 14.7. The van der Waals surface area contributed by atoms with E-state index in [0.29, 0.717) is 48.5 Å². The maximum Gasteiger partial charge on any atom is 0.411 e. The molecule has 0 atom stereocenters. The highest BCUT2D eigenvalue weighted by atomic mass is 19.4. The quantitative estimate of drug-likeness (QED) is 0.0410. The van der Waals surface area contributed by atoms with Crippen molar-refractivity contribution in [3.05, 3.63) is 144 Å². The highest BCUT2D eigenvalue weighted by Crippen LogP contribution is 2.56. The Balaban J connectivity index is 1.53. The molecule has 4 rings (SSSR count). The van der Waals surface area contributed by atoms with Crippen LogP contribution in [0, 0.1) is 11.6 Å². The number of hydrogen-bond donors (Lipinski definition) is 0. The highest BCUT2D eigenvalue weighted by Gasteiger charge is 2.72. The van der Waals surface area contributed by atoms with Crippen molar-refractivity contribution < 1.29 is 82.7 Å². The fraction of sp³-hybridized carbons (Fsp3) is 0.135. The Morgan fingerprint density at radius 2 is 0.855 bits per heavy atom. The van der Waals surface area contributed by atoms with Crippen molar-refractivity contribution in [3.63, 3.8) is 0 Å². The van der Waals surface area contributed by atoms with Crippen LogP contribution in [0.3, 0.4) is 0 Å². The van der Waals surface area contributed by atoms with Crippen LogP contribution in [0.4, 0.5) is 35.1 Å². The molecule has 0 N–H and O–H groups in total. The molecule has 0 aliphatic rings. The van der Waals surface area contributed by atoms with Gasteiger partial charge in [0.2, 0.25) is 19.0 Å². The summed E-state index contributed by atoms with van der Waals surface area (Å²) in [5.74, 6) is -8.20. The van der Waals surface area contributed by atoms with Crippen LogP contribution in [0.25, 0.3) is 0 Å². The van der Waals surface area contributed by atoms with Crippen molar-refractivity contribution in [2.24, 2.45) is 0 Å². The Morgan fingerprint density at radius 3 is 1.15 bits per heavy atom. The lowest BCUT2D eigenvalue weighted by atomic mass is 9.73. The van der Waals surface area contributed by atoms with E-state index in [2.05, 4.69) is 22.6 Å². The predicted molar refractivity (Wildman–Crippen MR) is 172 cm³/mol. The summed E-state index contributed by atoms with van der Waals surface area (Å²) in [5, 5.41) is 0. The standard InChI is InChI=1S/C37H24F8O10/c1-3-31(46)52-19-50-25-13-15-27(29(38)17-25)33(48)54-23-9-5-21(6-10-23)35(36(40,41)42,37(43,44)45)22-7-11-24(12-8-22)55-34(49)28-16-14-26(18-30(28)39)51-20-53-32(47)4-2/h3-18H,1-2,19-20H2. The first-order valence-electron chi connectivity index (χ1n) is 15.1. The number of hydrogen-bond acceptors (Lipinski definition) is 10. The lowest BCUT2D eigenvalue weighted by Crippen LogP contribution is -2.54. The molecule has 4 aromatic carbocycles. The third kappa shape index (κ3) is 9.45. The van der Waals surface area contributed by atoms with Gasteiger partial charge in [0.1, 0.15) is 34.6 Å². The van der Waals surface area contributed by atoms with E-state index in [0.717, 1.165) is 48.6 Å². The SMILES string of the molecule is C=CC(=O)OCOc1ccc(C(=O)Oc2ccc(C(c3ccc(OC(=O)c4ccc(OCOC(=O)C=C)cc4F)cc3)(C(F)(F)F)C(F)(F)F)cc2)c(F)c1. The zero-order valence-corrected chi connectivity index (χ0v) is 27.7. The summed E-state index contributed by atoms with van der Waals surface area (Å²) in [6.45, 7) is 5.10. The Bertz CT molecular complexity index is 1930. The minimum atomic E-state index is -6.03. The van der Waals surface area contributed by atoms with E-state index < -0.39 is 101 Å². The van der Waals surface area contributed by atoms with Crippen LogP contribution in [-0.4, -0.2) is 49.8 Å². The van der Waals surface area contributed by atoms with Crippen LogP contribution in [0.1, 0.15) is 31.8 Å². The van der Waals surface area contributed by atoms with E-state index >= 15 is 0 Å². The summed E-state index contributed by atoms with van der Waals surface area (Å²) in [4.78, 5) is 47.3. The first kappa shape index (κ1) is 41.0. The third-order valence-electron chi connectivity index (χ3n) is 7.35. The number of halogens is 8. The second-order valence-electron chi connectivity index (χ2n) is 10.7. The average molecular weight is 781 g/mol. The number of carbonyl (C=O) groups excluding carboxylic acids is 4. The monoisotopic (exact) mass is 780 g/mol. The highest BCUT2D eigenvalue weighted by molar-refractivity contribution is 5.92. The van der Waals surface area contributed by atoms with Crippen molar-refractivity contribution in [1.29, 1.82) is 0 Å². The van der Waals surface area contributed by atoms with Gasteiger partial charge in [0.05, 0.1) is 11.1 Å². The molecule has 55 heavy (non-hydrogen) atoms. The lowest BCUT2D eigenvalue weighted by molar-refractivity contribution is -0.288. The number of alkyl halides is 6. The van der Waals surface area contributed by atoms with Crippen molar-refractivity contribution >= 4 is 23.9 Å². The molecule has 288 valence electrons. The van der Waals surface area contributed by atoms with Gasteiger partial charge in [0.15, 0.2) is 0 Å². The Kier molecular flexibility index (Phi) is 12.7. The van der Waals surface area contributed by atoms with Gasteiger partial charge in [-0.05, 0) is 59.7 Å². The zero-order valence-electron chi connectivity index (χ0n) is 27.7. The normalized spacial score (nSPS) is 11.5. The van der Waals surface area contributed by atoms with Gasteiger partial charge >= 0.3 is 36.2 Å². The van der Waals surface area contributed by atoms with Crippen molar-refractivity contribution in [2.45, 2.75) is 17.8 Å². The molecule has 4 aromatic rings. The molecular weight excluding hydrogens is 756 g/mol. The topological polar surface area (TPSA) is 124 Å². The minimum Gasteiger partial charge on any atom is -0.457 e. The maximum absolute atomic E-state index is 14.7. The fourth-order valence-corrected chi connectivity index (χ4v) is 4.78. The number of ether oxygens (including phenoxy) is 6. The van der Waals surface area contributed by atoms with Crippen LogP contribution < -0.4 is 18.9 Å². The Morgan fingerprint density at radius 1 is 0.527 bits per heavy atom. The molecule has 0 bridgehead atoms. The van der Waals surface area contributed by atoms with Gasteiger partial charge in [-0.25, -0.2) is 28.0 Å². The molecule has 0 aliphatic carbocycles. The van der Waals surface area contributed by atoms with Crippen molar-refractivity contribution in [2.75, 3.05) is 13.6 Å². The smallest absolute Gasteiger partial charge is 0.411 e. The second kappa shape index (κ2) is 17.0. The van der Waals surface area contributed by atoms with E-state index in [1.54, 1.807) is 0 Å². The molecule has 10 nitrogen and oxygen atoms in total. The first-order chi connectivity index (χ1) is 25.9. The average Bonchev–Trinajstić information content (AvgIpc) is 3.12. The molecule has 0 saturated carbocycles. The number of esters is 4. The van der Waals surface area contributed by atoms with Gasteiger partial charge in [0.25, 0.3) is 0 Å². The summed E-state index contributed by atoms with van der Waals surface area (Å²) in [6.07, 6.45) is -10.4. The van der Waals surface area contributed by atoms with E-state index in [9.17, 15) is 54.3 Å². The molecule has 0 aromatic heterocycles. The van der Waals surface area contributed by atoms with Crippen LogP contribution in [0.5, 0.6) is 23.0 Å². The third-order valence-corrected chi connectivity index (χ3v) is 7.35. The van der Waals surface area contributed by atoms with Crippen LogP contribution in [-0.2, 0) is 24.5 Å². The Hall–Kier alpha value is -6.72. The predicted octanol–water partition coefficient (Wildman–Crippen LogP) is 7.94. The fourth-order valence-electron chi connectivity index (χ4n) is 4.78. The first-order valence-corrected chi connectivity index (χ1v) is 15.1. The summed E-state index contributed by atoms with van der Waals surface area (Å²) >= 11 is 0. The van der Waals surface area contributed by atoms with E-state index in [1.807, 2.05) is 0 Å². The molecule has 0 unspecified atom stereocenters. The summed E-state index contributed by atoms with van der Waals surface area (Å²) < 4.78 is 146. The van der Waals surface area contributed by atoms with Gasteiger partial charge < -0.3 is 28.4 Å². The second-order valence-corrected chi connectivity index (χ2v) is 10.7. The lowest BCUT2D eigenvalue weighted by Gasteiger charge is -2.38. The Labute approximate surface area is 305 Å². The molecule has 0 amide bonds. The van der Waals surface area contributed by atoms with Crippen molar-refractivity contribution in [3.8, 4) is 23.0 Å². The molecular formula is C37H24F8O10. The van der Waals surface area contributed by atoms with Crippen LogP contribution in [0.2, 0.25) is 0 Å². The molecule has 0 radical (unpaired) electrons. The summed E-state index contributed by atoms with van der Waals surface area (Å²) in [5.41, 5.74) is -8.75. The number of rotatable bonds is 14. The molecule has 0 aliphatic heterocycles. The summed E-state index contributed by atoms with van der Waals surface area (Å²) in [6, 6.07) is 9.66. The molecule has 0 spiro atoms. The largest absolute Gasteiger partial charge is 0.457 e. The number of carbonyl (C=O) groups is 4.